The number of pyridine rings is 1. The molecule has 0 aliphatic heterocycles. The van der Waals surface area contributed by atoms with E-state index in [9.17, 15) is 18.0 Å². The molecule has 1 heterocycles. The highest BCUT2D eigenvalue weighted by Crippen LogP contribution is 2.28. The summed E-state index contributed by atoms with van der Waals surface area (Å²) >= 11 is 2.93. The second-order valence-corrected chi connectivity index (χ2v) is 3.34. The minimum Gasteiger partial charge on any atom is -0.404 e. The molecular weight excluding hydrogens is 295 g/mol. The molecule has 1 aromatic heterocycles. The summed E-state index contributed by atoms with van der Waals surface area (Å²) in [6.45, 7) is -0.661. The van der Waals surface area contributed by atoms with Crippen molar-refractivity contribution in [3.63, 3.8) is 0 Å². The Labute approximate surface area is 96.2 Å². The van der Waals surface area contributed by atoms with E-state index < -0.39 is 24.3 Å². The van der Waals surface area contributed by atoms with Crippen LogP contribution in [-0.4, -0.2) is 16.5 Å². The molecule has 0 spiro atoms. The zero-order valence-corrected chi connectivity index (χ0v) is 9.35. The summed E-state index contributed by atoms with van der Waals surface area (Å²) in [6, 6.07) is 0. The van der Waals surface area contributed by atoms with Gasteiger partial charge in [-0.3, -0.25) is 4.79 Å². The molecule has 1 aromatic rings. The Kier molecular flexibility index (Phi) is 3.98. The Morgan fingerprint density at radius 1 is 1.44 bits per heavy atom. The fraction of sp³-hybridized carbons (Fsp3) is 0.375. The summed E-state index contributed by atoms with van der Waals surface area (Å²) in [5.74, 6) is -0.534. The lowest BCUT2D eigenvalue weighted by molar-refractivity contribution is -0.275. The Balaban J connectivity index is 3.25. The zero-order valence-electron chi connectivity index (χ0n) is 7.77. The molecule has 1 rings (SSSR count). The first kappa shape index (κ1) is 13.0. The molecule has 0 saturated carbocycles. The third kappa shape index (κ3) is 2.99. The monoisotopic (exact) mass is 301 g/mol. The number of aromatic amines is 1. The van der Waals surface area contributed by atoms with Crippen LogP contribution in [0.25, 0.3) is 0 Å². The summed E-state index contributed by atoms with van der Waals surface area (Å²) in [5.41, 5.74) is -0.825. The van der Waals surface area contributed by atoms with Crippen LogP contribution in [0.15, 0.2) is 11.0 Å². The number of nitrogens with one attached hydrogen (secondary N) is 1. The maximum Gasteiger partial charge on any atom is 0.573 e. The van der Waals surface area contributed by atoms with Gasteiger partial charge < -0.3 is 14.8 Å². The van der Waals surface area contributed by atoms with Crippen molar-refractivity contribution in [3.8, 4) is 5.75 Å². The van der Waals surface area contributed by atoms with Gasteiger partial charge in [-0.25, -0.2) is 0 Å². The Hall–Kier alpha value is -1.02. The van der Waals surface area contributed by atoms with Gasteiger partial charge >= 0.3 is 6.36 Å². The minimum absolute atomic E-state index is 0.0245. The minimum atomic E-state index is -4.85. The number of aliphatic hydroxyl groups is 1. The van der Waals surface area contributed by atoms with E-state index in [0.29, 0.717) is 0 Å². The summed E-state index contributed by atoms with van der Waals surface area (Å²) in [5, 5.41) is 8.85. The standard InChI is InChI=1S/C8H7BrF3NO3/c9-1-4-5(3-14)7(15)13-2-6(4)16-8(10,11)12/h2,14H,1,3H2,(H,13,15). The molecular formula is C8H7BrF3NO3. The van der Waals surface area contributed by atoms with E-state index in [-0.39, 0.29) is 16.5 Å². The highest BCUT2D eigenvalue weighted by Gasteiger charge is 2.32. The third-order valence-electron chi connectivity index (χ3n) is 1.79. The van der Waals surface area contributed by atoms with Crippen molar-refractivity contribution in [2.24, 2.45) is 0 Å². The molecule has 0 amide bonds. The smallest absolute Gasteiger partial charge is 0.404 e. The van der Waals surface area contributed by atoms with Crippen molar-refractivity contribution in [2.45, 2.75) is 18.3 Å². The predicted octanol–water partition coefficient (Wildman–Crippen LogP) is 1.66. The van der Waals surface area contributed by atoms with Crippen molar-refractivity contribution < 1.29 is 23.0 Å². The third-order valence-corrected chi connectivity index (χ3v) is 2.35. The van der Waals surface area contributed by atoms with Crippen LogP contribution in [0, 0.1) is 0 Å². The fourth-order valence-electron chi connectivity index (χ4n) is 1.12. The van der Waals surface area contributed by atoms with E-state index in [0.717, 1.165) is 6.20 Å². The number of alkyl halides is 4. The van der Waals surface area contributed by atoms with E-state index in [2.05, 4.69) is 25.7 Å². The van der Waals surface area contributed by atoms with Gasteiger partial charge in [0, 0.05) is 17.1 Å². The zero-order chi connectivity index (χ0) is 12.3. The molecule has 0 saturated heterocycles. The molecule has 2 N–H and O–H groups in total. The Morgan fingerprint density at radius 2 is 2.06 bits per heavy atom. The Bertz CT molecular complexity index is 430. The molecule has 0 bridgehead atoms. The topological polar surface area (TPSA) is 62.3 Å². The van der Waals surface area contributed by atoms with Gasteiger partial charge in [0.2, 0.25) is 0 Å². The molecule has 0 aromatic carbocycles. The fourth-order valence-corrected chi connectivity index (χ4v) is 1.74. The highest BCUT2D eigenvalue weighted by molar-refractivity contribution is 9.08. The molecule has 16 heavy (non-hydrogen) atoms. The van der Waals surface area contributed by atoms with E-state index >= 15 is 0 Å². The van der Waals surface area contributed by atoms with Gasteiger partial charge in [-0.2, -0.15) is 0 Å². The highest BCUT2D eigenvalue weighted by atomic mass is 79.9. The van der Waals surface area contributed by atoms with Gasteiger partial charge in [-0.1, -0.05) is 15.9 Å². The van der Waals surface area contributed by atoms with Gasteiger partial charge in [0.25, 0.3) is 5.56 Å². The maximum atomic E-state index is 12.0. The number of rotatable bonds is 3. The van der Waals surface area contributed by atoms with E-state index in [1.54, 1.807) is 0 Å². The number of aromatic nitrogens is 1. The first-order valence-corrected chi connectivity index (χ1v) is 5.17. The van der Waals surface area contributed by atoms with Gasteiger partial charge in [-0.15, -0.1) is 13.2 Å². The molecule has 8 heteroatoms. The van der Waals surface area contributed by atoms with Crippen LogP contribution in [0.5, 0.6) is 5.75 Å². The van der Waals surface area contributed by atoms with Gasteiger partial charge in [0.15, 0.2) is 0 Å². The number of ether oxygens (including phenoxy) is 1. The first-order chi connectivity index (χ1) is 7.39. The predicted molar refractivity (Wildman–Crippen MR) is 52.3 cm³/mol. The van der Waals surface area contributed by atoms with Crippen LogP contribution < -0.4 is 10.3 Å². The van der Waals surface area contributed by atoms with Crippen LogP contribution in [0.1, 0.15) is 11.1 Å². The van der Waals surface area contributed by atoms with Gasteiger partial charge in [0.1, 0.15) is 5.75 Å². The summed E-state index contributed by atoms with van der Waals surface area (Å²) in [7, 11) is 0. The summed E-state index contributed by atoms with van der Waals surface area (Å²) < 4.78 is 39.7. The molecule has 0 radical (unpaired) electrons. The largest absolute Gasteiger partial charge is 0.573 e. The second kappa shape index (κ2) is 4.88. The molecule has 90 valence electrons. The quantitative estimate of drug-likeness (QED) is 0.835. The van der Waals surface area contributed by atoms with Crippen LogP contribution >= 0.6 is 15.9 Å². The maximum absolute atomic E-state index is 12.0. The number of aliphatic hydroxyl groups excluding tert-OH is 1. The lowest BCUT2D eigenvalue weighted by Gasteiger charge is -2.13. The normalized spacial score (nSPS) is 11.6. The van der Waals surface area contributed by atoms with Crippen LogP contribution in [0.4, 0.5) is 13.2 Å². The molecule has 0 aliphatic rings. The van der Waals surface area contributed by atoms with Gasteiger partial charge in [0.05, 0.1) is 12.2 Å². The second-order valence-electron chi connectivity index (χ2n) is 2.78. The van der Waals surface area contributed by atoms with Crippen molar-refractivity contribution >= 4 is 15.9 Å². The van der Waals surface area contributed by atoms with Crippen LogP contribution in [0.2, 0.25) is 0 Å². The Morgan fingerprint density at radius 3 is 2.50 bits per heavy atom. The number of halogens is 4. The van der Waals surface area contributed by atoms with Crippen molar-refractivity contribution in [1.82, 2.24) is 4.98 Å². The lowest BCUT2D eigenvalue weighted by Crippen LogP contribution is -2.22. The number of H-pyrrole nitrogens is 1. The molecule has 4 nitrogen and oxygen atoms in total. The average Bonchev–Trinajstić information content (AvgIpc) is 2.18. The van der Waals surface area contributed by atoms with Crippen molar-refractivity contribution in [2.75, 3.05) is 0 Å². The lowest BCUT2D eigenvalue weighted by atomic mass is 10.1. The molecule has 0 aliphatic carbocycles. The summed E-state index contributed by atoms with van der Waals surface area (Å²) in [6.07, 6.45) is -4.03. The molecule has 0 fully saturated rings. The van der Waals surface area contributed by atoms with Crippen LogP contribution in [-0.2, 0) is 11.9 Å². The first-order valence-electron chi connectivity index (χ1n) is 4.05. The average molecular weight is 302 g/mol. The van der Waals surface area contributed by atoms with Crippen LogP contribution in [0.3, 0.4) is 0 Å². The van der Waals surface area contributed by atoms with Gasteiger partial charge in [-0.05, 0) is 0 Å². The van der Waals surface area contributed by atoms with Crippen molar-refractivity contribution in [3.05, 3.63) is 27.7 Å². The molecule has 0 atom stereocenters. The summed E-state index contributed by atoms with van der Waals surface area (Å²) in [4.78, 5) is 13.2. The molecule has 0 unspecified atom stereocenters. The number of hydrogen-bond donors (Lipinski definition) is 2. The van der Waals surface area contributed by atoms with Crippen molar-refractivity contribution in [1.29, 1.82) is 0 Å². The SMILES string of the molecule is O=c1[nH]cc(OC(F)(F)F)c(CBr)c1CO. The number of hydrogen-bond acceptors (Lipinski definition) is 3. The van der Waals surface area contributed by atoms with E-state index in [4.69, 9.17) is 5.11 Å². The van der Waals surface area contributed by atoms with E-state index in [1.165, 1.54) is 0 Å². The van der Waals surface area contributed by atoms with E-state index in [1.807, 2.05) is 0 Å².